The van der Waals surface area contributed by atoms with Gasteiger partial charge in [0.2, 0.25) is 0 Å². The molecule has 0 amide bonds. The summed E-state index contributed by atoms with van der Waals surface area (Å²) in [6.07, 6.45) is 13.3. The first-order chi connectivity index (χ1) is 8.90. The molecule has 0 aliphatic heterocycles. The highest BCUT2D eigenvalue weighted by Crippen LogP contribution is 2.60. The van der Waals surface area contributed by atoms with Crippen molar-refractivity contribution in [3.8, 4) is 0 Å². The Hall–Kier alpha value is 0. The molecule has 0 N–H and O–H groups in total. The van der Waals surface area contributed by atoms with Crippen molar-refractivity contribution in [2.24, 2.45) is 28.6 Å². The van der Waals surface area contributed by atoms with Gasteiger partial charge in [-0.3, -0.25) is 0 Å². The first-order valence-electron chi connectivity index (χ1n) is 8.90. The molecule has 2 aliphatic carbocycles. The van der Waals surface area contributed by atoms with Crippen molar-refractivity contribution in [3.05, 3.63) is 0 Å². The van der Waals surface area contributed by atoms with E-state index in [1.165, 1.54) is 57.8 Å². The van der Waals surface area contributed by atoms with E-state index < -0.39 is 0 Å². The summed E-state index contributed by atoms with van der Waals surface area (Å²) in [5.74, 6) is 2.75. The van der Waals surface area contributed by atoms with Crippen molar-refractivity contribution < 1.29 is 0 Å². The molecule has 112 valence electrons. The largest absolute Gasteiger partial charge is 0.0625 e. The molecule has 0 heterocycles. The van der Waals surface area contributed by atoms with Crippen LogP contribution >= 0.6 is 0 Å². The Morgan fingerprint density at radius 2 is 1.63 bits per heavy atom. The second-order valence-corrected chi connectivity index (χ2v) is 8.53. The predicted octanol–water partition coefficient (Wildman–Crippen LogP) is 6.45. The average Bonchev–Trinajstić information content (AvgIpc) is 2.38. The van der Waals surface area contributed by atoms with Crippen LogP contribution < -0.4 is 0 Å². The summed E-state index contributed by atoms with van der Waals surface area (Å²) in [7, 11) is 0. The summed E-state index contributed by atoms with van der Waals surface area (Å²) in [6, 6.07) is 0. The van der Waals surface area contributed by atoms with Crippen LogP contribution in [0.4, 0.5) is 0 Å². The van der Waals surface area contributed by atoms with Crippen molar-refractivity contribution in [2.75, 3.05) is 0 Å². The molecule has 0 aromatic rings. The van der Waals surface area contributed by atoms with Gasteiger partial charge in [-0.15, -0.1) is 0 Å². The van der Waals surface area contributed by atoms with E-state index in [0.717, 1.165) is 17.8 Å². The Bertz CT molecular complexity index is 286. The molecule has 0 aromatic heterocycles. The van der Waals surface area contributed by atoms with Gasteiger partial charge in [-0.25, -0.2) is 0 Å². The van der Waals surface area contributed by atoms with Gasteiger partial charge < -0.3 is 0 Å². The van der Waals surface area contributed by atoms with Gasteiger partial charge in [0.1, 0.15) is 0 Å². The van der Waals surface area contributed by atoms with Gasteiger partial charge in [-0.2, -0.15) is 0 Å². The van der Waals surface area contributed by atoms with Crippen LogP contribution in [0.2, 0.25) is 0 Å². The van der Waals surface area contributed by atoms with Gasteiger partial charge >= 0.3 is 0 Å². The summed E-state index contributed by atoms with van der Waals surface area (Å²) in [6.45, 7) is 12.8. The Kier molecular flexibility index (Phi) is 4.68. The van der Waals surface area contributed by atoms with E-state index in [-0.39, 0.29) is 0 Å². The minimum Gasteiger partial charge on any atom is -0.0625 e. The summed E-state index contributed by atoms with van der Waals surface area (Å²) >= 11 is 0. The maximum atomic E-state index is 2.66. The Morgan fingerprint density at radius 3 is 2.16 bits per heavy atom. The monoisotopic (exact) mass is 264 g/mol. The molecule has 2 aliphatic rings. The minimum atomic E-state index is 0.558. The van der Waals surface area contributed by atoms with Crippen LogP contribution in [0.25, 0.3) is 0 Å². The van der Waals surface area contributed by atoms with Gasteiger partial charge in [0.15, 0.2) is 0 Å². The molecule has 3 atom stereocenters. The normalized spacial score (nSPS) is 37.3. The molecule has 3 unspecified atom stereocenters. The maximum Gasteiger partial charge on any atom is -0.0221 e. The standard InChI is InChI=1S/C19H36/c1-15(2)19(5,17-11-7-6-8-12-17)18(4)13-9-10-16(3)14-18/h15-17H,6-14H2,1-5H3. The van der Waals surface area contributed by atoms with Gasteiger partial charge in [-0.1, -0.05) is 66.7 Å². The molecule has 0 saturated heterocycles. The van der Waals surface area contributed by atoms with Crippen LogP contribution in [0, 0.1) is 28.6 Å². The first-order valence-corrected chi connectivity index (χ1v) is 8.90. The molecule has 0 aromatic carbocycles. The van der Waals surface area contributed by atoms with E-state index in [4.69, 9.17) is 0 Å². The van der Waals surface area contributed by atoms with Crippen molar-refractivity contribution in [2.45, 2.75) is 92.4 Å². The third-order valence-electron chi connectivity index (χ3n) is 7.18. The molecule has 0 radical (unpaired) electrons. The smallest absolute Gasteiger partial charge is 0.0221 e. The molecule has 0 nitrogen and oxygen atoms in total. The second kappa shape index (κ2) is 5.78. The van der Waals surface area contributed by atoms with Gasteiger partial charge in [0, 0.05) is 0 Å². The molecular formula is C19H36. The lowest BCUT2D eigenvalue weighted by Crippen LogP contribution is -2.49. The van der Waals surface area contributed by atoms with Crippen LogP contribution in [0.5, 0.6) is 0 Å². The quantitative estimate of drug-likeness (QED) is 0.550. The maximum absolute atomic E-state index is 2.66. The fourth-order valence-electron chi connectivity index (χ4n) is 5.67. The number of hydrogen-bond acceptors (Lipinski definition) is 0. The van der Waals surface area contributed by atoms with Gasteiger partial charge in [-0.05, 0) is 54.3 Å². The highest BCUT2D eigenvalue weighted by molar-refractivity contribution is 5.01. The van der Waals surface area contributed by atoms with Crippen LogP contribution in [0.3, 0.4) is 0 Å². The Morgan fingerprint density at radius 1 is 1.00 bits per heavy atom. The van der Waals surface area contributed by atoms with Crippen molar-refractivity contribution in [1.29, 1.82) is 0 Å². The van der Waals surface area contributed by atoms with Crippen LogP contribution in [-0.4, -0.2) is 0 Å². The first kappa shape index (κ1) is 15.4. The van der Waals surface area contributed by atoms with E-state index in [9.17, 15) is 0 Å². The second-order valence-electron chi connectivity index (χ2n) is 8.53. The van der Waals surface area contributed by atoms with Crippen molar-refractivity contribution >= 4 is 0 Å². The highest BCUT2D eigenvalue weighted by atomic mass is 14.6. The molecule has 19 heavy (non-hydrogen) atoms. The molecule has 0 bridgehead atoms. The zero-order chi connectivity index (χ0) is 14.1. The van der Waals surface area contributed by atoms with E-state index in [1.807, 2.05) is 0 Å². The average molecular weight is 264 g/mol. The van der Waals surface area contributed by atoms with Crippen LogP contribution in [0.15, 0.2) is 0 Å². The lowest BCUT2D eigenvalue weighted by Gasteiger charge is -2.57. The third kappa shape index (κ3) is 2.74. The zero-order valence-corrected chi connectivity index (χ0v) is 14.1. The SMILES string of the molecule is CC1CCCC(C)(C(C)(C(C)C)C2CCCCC2)C1. The molecule has 2 rings (SSSR count). The summed E-state index contributed by atoms with van der Waals surface area (Å²) in [5, 5.41) is 0. The van der Waals surface area contributed by atoms with Crippen molar-refractivity contribution in [1.82, 2.24) is 0 Å². The molecule has 0 heteroatoms. The summed E-state index contributed by atoms with van der Waals surface area (Å²) in [5.41, 5.74) is 1.14. The molecule has 2 fully saturated rings. The molecular weight excluding hydrogens is 228 g/mol. The lowest BCUT2D eigenvalue weighted by atomic mass is 9.47. The van der Waals surface area contributed by atoms with E-state index in [2.05, 4.69) is 34.6 Å². The van der Waals surface area contributed by atoms with Crippen LogP contribution in [0.1, 0.15) is 92.4 Å². The number of rotatable bonds is 3. The Labute approximate surface area is 121 Å². The molecule has 0 spiro atoms. The van der Waals surface area contributed by atoms with Gasteiger partial charge in [0.25, 0.3) is 0 Å². The molecule has 2 saturated carbocycles. The topological polar surface area (TPSA) is 0 Å². The minimum absolute atomic E-state index is 0.558. The fourth-order valence-corrected chi connectivity index (χ4v) is 5.67. The third-order valence-corrected chi connectivity index (χ3v) is 7.18. The summed E-state index contributed by atoms with van der Waals surface area (Å²) < 4.78 is 0. The fraction of sp³-hybridized carbons (Fsp3) is 1.00. The van der Waals surface area contributed by atoms with Crippen molar-refractivity contribution in [3.63, 3.8) is 0 Å². The van der Waals surface area contributed by atoms with E-state index >= 15 is 0 Å². The van der Waals surface area contributed by atoms with E-state index in [0.29, 0.717) is 10.8 Å². The zero-order valence-electron chi connectivity index (χ0n) is 14.1. The van der Waals surface area contributed by atoms with Gasteiger partial charge in [0.05, 0.1) is 0 Å². The van der Waals surface area contributed by atoms with E-state index in [1.54, 1.807) is 0 Å². The summed E-state index contributed by atoms with van der Waals surface area (Å²) in [4.78, 5) is 0. The number of hydrogen-bond donors (Lipinski definition) is 0. The van der Waals surface area contributed by atoms with Crippen LogP contribution in [-0.2, 0) is 0 Å². The Balaban J connectivity index is 2.26. The highest BCUT2D eigenvalue weighted by Gasteiger charge is 2.51. The lowest BCUT2D eigenvalue weighted by molar-refractivity contribution is -0.0828. The predicted molar refractivity (Wildman–Crippen MR) is 85.3 cm³/mol.